The number of amides is 2. The Labute approximate surface area is 214 Å². The van der Waals surface area contributed by atoms with Crippen LogP contribution in [0, 0.1) is 13.8 Å². The highest BCUT2D eigenvalue weighted by Crippen LogP contribution is 2.38. The molecule has 0 aliphatic carbocycles. The van der Waals surface area contributed by atoms with Crippen molar-refractivity contribution < 1.29 is 28.2 Å². The first-order valence-corrected chi connectivity index (χ1v) is 11.5. The Bertz CT molecular complexity index is 1480. The van der Waals surface area contributed by atoms with Crippen molar-refractivity contribution in [2.75, 3.05) is 32.0 Å². The number of methoxy groups -OCH3 is 3. The zero-order chi connectivity index (χ0) is 26.5. The van der Waals surface area contributed by atoms with Gasteiger partial charge in [-0.1, -0.05) is 18.2 Å². The van der Waals surface area contributed by atoms with Gasteiger partial charge in [0.05, 0.1) is 21.3 Å². The molecule has 2 N–H and O–H groups in total. The minimum Gasteiger partial charge on any atom is -0.493 e. The minimum absolute atomic E-state index is 0.00830. The Morgan fingerprint density at radius 3 is 2.19 bits per heavy atom. The number of benzene rings is 3. The van der Waals surface area contributed by atoms with Crippen LogP contribution in [0.2, 0.25) is 0 Å². The summed E-state index contributed by atoms with van der Waals surface area (Å²) in [7, 11) is 4.56. The number of furan rings is 1. The monoisotopic (exact) mass is 500 g/mol. The number of ether oxygens (including phenoxy) is 3. The van der Waals surface area contributed by atoms with Gasteiger partial charge in [0.2, 0.25) is 17.4 Å². The molecule has 1 heterocycles. The summed E-state index contributed by atoms with van der Waals surface area (Å²) < 4.78 is 21.9. The van der Waals surface area contributed by atoms with E-state index in [1.54, 1.807) is 36.4 Å². The van der Waals surface area contributed by atoms with Gasteiger partial charge in [-0.05, 0) is 73.0 Å². The maximum atomic E-state index is 13.1. The summed E-state index contributed by atoms with van der Waals surface area (Å²) in [5.41, 5.74) is 4.23. The molecule has 3 aromatic carbocycles. The molecule has 0 aliphatic heterocycles. The highest BCUT2D eigenvalue weighted by molar-refractivity contribution is 6.16. The van der Waals surface area contributed by atoms with Gasteiger partial charge in [-0.3, -0.25) is 9.59 Å². The Morgan fingerprint density at radius 2 is 1.54 bits per heavy atom. The Morgan fingerprint density at radius 1 is 0.838 bits per heavy atom. The van der Waals surface area contributed by atoms with E-state index in [0.717, 1.165) is 11.1 Å². The van der Waals surface area contributed by atoms with Crippen LogP contribution in [0.4, 0.5) is 11.4 Å². The summed E-state index contributed by atoms with van der Waals surface area (Å²) in [6.07, 6.45) is 2.96. The highest BCUT2D eigenvalue weighted by atomic mass is 16.5. The van der Waals surface area contributed by atoms with Crippen molar-refractivity contribution in [3.8, 4) is 17.2 Å². The molecule has 0 aliphatic rings. The molecule has 0 unspecified atom stereocenters. The number of hydrogen-bond acceptors (Lipinski definition) is 6. The number of nitrogens with one attached hydrogen (secondary N) is 2. The van der Waals surface area contributed by atoms with Crippen molar-refractivity contribution >= 4 is 40.2 Å². The Balaban J connectivity index is 1.61. The third-order valence-corrected chi connectivity index (χ3v) is 5.93. The van der Waals surface area contributed by atoms with Gasteiger partial charge in [-0.15, -0.1) is 0 Å². The van der Waals surface area contributed by atoms with E-state index in [9.17, 15) is 9.59 Å². The third kappa shape index (κ3) is 5.43. The molecule has 0 bridgehead atoms. The average Bonchev–Trinajstić information content (AvgIpc) is 3.27. The van der Waals surface area contributed by atoms with Crippen LogP contribution < -0.4 is 24.8 Å². The lowest BCUT2D eigenvalue weighted by Gasteiger charge is -2.12. The molecule has 8 heteroatoms. The predicted octanol–water partition coefficient (Wildman–Crippen LogP) is 5.98. The van der Waals surface area contributed by atoms with E-state index in [2.05, 4.69) is 10.6 Å². The van der Waals surface area contributed by atoms with Gasteiger partial charge in [0, 0.05) is 17.1 Å². The number of carbonyl (C=O) groups excluding carboxylic acids is 2. The number of rotatable bonds is 8. The lowest BCUT2D eigenvalue weighted by molar-refractivity contribution is -0.111. The molecule has 0 fully saturated rings. The van der Waals surface area contributed by atoms with Crippen LogP contribution in [0.3, 0.4) is 0 Å². The third-order valence-electron chi connectivity index (χ3n) is 5.93. The maximum Gasteiger partial charge on any atom is 0.293 e. The fraction of sp³-hybridized carbons (Fsp3) is 0.172. The lowest BCUT2D eigenvalue weighted by atomic mass is 10.1. The quantitative estimate of drug-likeness (QED) is 0.289. The van der Waals surface area contributed by atoms with E-state index >= 15 is 0 Å². The highest BCUT2D eigenvalue weighted by Gasteiger charge is 2.22. The average molecular weight is 501 g/mol. The van der Waals surface area contributed by atoms with E-state index in [1.165, 1.54) is 27.4 Å². The zero-order valence-electron chi connectivity index (χ0n) is 21.3. The van der Waals surface area contributed by atoms with E-state index in [4.69, 9.17) is 18.6 Å². The summed E-state index contributed by atoms with van der Waals surface area (Å²) in [4.78, 5) is 26.1. The summed E-state index contributed by atoms with van der Waals surface area (Å²) in [5, 5.41) is 6.27. The zero-order valence-corrected chi connectivity index (χ0v) is 21.3. The normalized spacial score (nSPS) is 10.9. The van der Waals surface area contributed by atoms with Gasteiger partial charge < -0.3 is 29.3 Å². The van der Waals surface area contributed by atoms with Crippen LogP contribution in [0.1, 0.15) is 27.2 Å². The first kappa shape index (κ1) is 25.4. The van der Waals surface area contributed by atoms with Crippen LogP contribution >= 0.6 is 0 Å². The van der Waals surface area contributed by atoms with Gasteiger partial charge in [0.1, 0.15) is 11.3 Å². The van der Waals surface area contributed by atoms with E-state index < -0.39 is 11.8 Å². The van der Waals surface area contributed by atoms with Crippen LogP contribution in [-0.4, -0.2) is 33.1 Å². The molecular formula is C29H28N2O6. The van der Waals surface area contributed by atoms with Crippen LogP contribution in [-0.2, 0) is 4.79 Å². The fourth-order valence-corrected chi connectivity index (χ4v) is 3.87. The lowest BCUT2D eigenvalue weighted by Crippen LogP contribution is -2.16. The second-order valence-electron chi connectivity index (χ2n) is 8.34. The molecule has 0 atom stereocenters. The predicted molar refractivity (Wildman–Crippen MR) is 144 cm³/mol. The van der Waals surface area contributed by atoms with Crippen molar-refractivity contribution in [3.63, 3.8) is 0 Å². The number of para-hydroxylation sites is 1. The number of carbonyl (C=O) groups is 2. The standard InChI is InChI=1S/C29H28N2O6/c1-17-10-12-20(14-18(17)2)30-29(33)28-26(21-8-6-7-9-22(21)37-28)31-25(32)13-11-19-15-23(34-3)27(36-5)24(16-19)35-4/h6-16H,1-5H3,(H,30,33)(H,31,32)/b13-11+. The van der Waals surface area contributed by atoms with Crippen LogP contribution in [0.25, 0.3) is 17.0 Å². The van der Waals surface area contributed by atoms with Crippen molar-refractivity contribution in [2.45, 2.75) is 13.8 Å². The second kappa shape index (κ2) is 10.9. The first-order chi connectivity index (χ1) is 17.8. The van der Waals surface area contributed by atoms with E-state index in [0.29, 0.717) is 39.5 Å². The van der Waals surface area contributed by atoms with Crippen molar-refractivity contribution in [1.82, 2.24) is 0 Å². The molecule has 0 spiro atoms. The topological polar surface area (TPSA) is 99.0 Å². The minimum atomic E-state index is -0.469. The summed E-state index contributed by atoms with van der Waals surface area (Å²) in [5.74, 6) is 0.481. The molecule has 0 radical (unpaired) electrons. The molecular weight excluding hydrogens is 472 g/mol. The maximum absolute atomic E-state index is 13.1. The Kier molecular flexibility index (Phi) is 7.48. The largest absolute Gasteiger partial charge is 0.493 e. The molecule has 1 aromatic heterocycles. The number of fused-ring (bicyclic) bond motifs is 1. The summed E-state index contributed by atoms with van der Waals surface area (Å²) >= 11 is 0. The van der Waals surface area contributed by atoms with Gasteiger partial charge in [-0.2, -0.15) is 0 Å². The molecule has 4 rings (SSSR count). The molecule has 0 saturated heterocycles. The van der Waals surface area contributed by atoms with Gasteiger partial charge in [0.15, 0.2) is 11.5 Å². The molecule has 8 nitrogen and oxygen atoms in total. The van der Waals surface area contributed by atoms with E-state index in [1.807, 2.05) is 38.1 Å². The molecule has 2 amide bonds. The molecule has 37 heavy (non-hydrogen) atoms. The molecule has 0 saturated carbocycles. The first-order valence-electron chi connectivity index (χ1n) is 11.5. The fourth-order valence-electron chi connectivity index (χ4n) is 3.87. The van der Waals surface area contributed by atoms with Crippen LogP contribution in [0.15, 0.2) is 65.1 Å². The van der Waals surface area contributed by atoms with Gasteiger partial charge in [0.25, 0.3) is 5.91 Å². The second-order valence-corrected chi connectivity index (χ2v) is 8.34. The SMILES string of the molecule is COc1cc(/C=C/C(=O)Nc2c(C(=O)Nc3ccc(C)c(C)c3)oc3ccccc23)cc(OC)c1OC. The van der Waals surface area contributed by atoms with Crippen molar-refractivity contribution in [2.24, 2.45) is 0 Å². The van der Waals surface area contributed by atoms with Crippen molar-refractivity contribution in [1.29, 1.82) is 0 Å². The summed E-state index contributed by atoms with van der Waals surface area (Å²) in [6, 6.07) is 16.2. The molecule has 4 aromatic rings. The molecule has 190 valence electrons. The van der Waals surface area contributed by atoms with Crippen LogP contribution in [0.5, 0.6) is 17.2 Å². The number of aryl methyl sites for hydroxylation is 2. The summed E-state index contributed by atoms with van der Waals surface area (Å²) in [6.45, 7) is 3.97. The number of hydrogen-bond donors (Lipinski definition) is 2. The Hall–Kier alpha value is -4.72. The van der Waals surface area contributed by atoms with Crippen molar-refractivity contribution in [3.05, 3.63) is 83.1 Å². The van der Waals surface area contributed by atoms with Gasteiger partial charge in [-0.25, -0.2) is 0 Å². The van der Waals surface area contributed by atoms with Gasteiger partial charge >= 0.3 is 0 Å². The van der Waals surface area contributed by atoms with E-state index in [-0.39, 0.29) is 11.4 Å². The number of anilines is 2. The smallest absolute Gasteiger partial charge is 0.293 e.